The summed E-state index contributed by atoms with van der Waals surface area (Å²) in [5.41, 5.74) is 5.85. The number of nitrogens with one attached hydrogen (secondary N) is 1. The molecule has 0 bridgehead atoms. The van der Waals surface area contributed by atoms with E-state index < -0.39 is 0 Å². The van der Waals surface area contributed by atoms with E-state index in [1.807, 2.05) is 0 Å². The minimum absolute atomic E-state index is 0.0108. The van der Waals surface area contributed by atoms with Crippen LogP contribution in [0.3, 0.4) is 0 Å². The smallest absolute Gasteiger partial charge is 0.272 e. The van der Waals surface area contributed by atoms with Gasteiger partial charge in [-0.2, -0.15) is 5.10 Å². The lowest BCUT2D eigenvalue weighted by atomic mass is 10.1. The quantitative estimate of drug-likeness (QED) is 0.761. The minimum atomic E-state index is -0.389. The van der Waals surface area contributed by atoms with Crippen molar-refractivity contribution in [2.24, 2.45) is 0 Å². The summed E-state index contributed by atoms with van der Waals surface area (Å²) < 4.78 is 5.26. The molecule has 0 aromatic carbocycles. The van der Waals surface area contributed by atoms with Crippen LogP contribution in [0.2, 0.25) is 0 Å². The van der Waals surface area contributed by atoms with Gasteiger partial charge in [-0.25, -0.2) is 0 Å². The maximum atomic E-state index is 12.6. The van der Waals surface area contributed by atoms with Crippen molar-refractivity contribution in [3.63, 3.8) is 0 Å². The second kappa shape index (κ2) is 5.72. The summed E-state index contributed by atoms with van der Waals surface area (Å²) in [6, 6.07) is 1.11. The molecule has 3 N–H and O–H groups in total. The largest absolute Gasteiger partial charge is 0.382 e. The Balaban J connectivity index is 1.72. The summed E-state index contributed by atoms with van der Waals surface area (Å²) in [5.74, 6) is 0.0635. The number of aromatic amines is 1. The van der Waals surface area contributed by atoms with Gasteiger partial charge in [-0.05, 0) is 12.8 Å². The average Bonchev–Trinajstić information content (AvgIpc) is 3.15. The molecule has 3 heterocycles. The number of nitrogens with zero attached hydrogens (tertiary/aromatic N) is 3. The maximum absolute atomic E-state index is 12.6. The molecule has 0 aliphatic carbocycles. The molecule has 0 radical (unpaired) electrons. The molecule has 114 valence electrons. The Labute approximate surface area is 122 Å². The van der Waals surface area contributed by atoms with Gasteiger partial charge in [-0.1, -0.05) is 0 Å². The van der Waals surface area contributed by atoms with E-state index in [1.165, 1.54) is 6.07 Å². The zero-order valence-electron chi connectivity index (χ0n) is 11.7. The van der Waals surface area contributed by atoms with Gasteiger partial charge in [-0.15, -0.1) is 0 Å². The van der Waals surface area contributed by atoms with Crippen LogP contribution >= 0.6 is 0 Å². The average molecular weight is 293 g/mol. The number of H-pyrrole nitrogens is 1. The highest BCUT2D eigenvalue weighted by Gasteiger charge is 2.37. The monoisotopic (exact) mass is 293 g/mol. The van der Waals surface area contributed by atoms with E-state index in [0.717, 1.165) is 6.42 Å². The zero-order valence-corrected chi connectivity index (χ0v) is 11.7. The van der Waals surface area contributed by atoms with Crippen LogP contribution in [0, 0.1) is 0 Å². The van der Waals surface area contributed by atoms with Crippen LogP contribution in [0.25, 0.3) is 0 Å². The highest BCUT2D eigenvalue weighted by molar-refractivity contribution is 5.97. The number of carbonyl (C=O) groups is 2. The van der Waals surface area contributed by atoms with Gasteiger partial charge in [0.25, 0.3) is 5.91 Å². The molecule has 1 aromatic heterocycles. The molecule has 0 saturated carbocycles. The van der Waals surface area contributed by atoms with Crippen LogP contribution in [0.4, 0.5) is 5.82 Å². The molecule has 2 aliphatic heterocycles. The third-order valence-corrected chi connectivity index (χ3v) is 3.95. The van der Waals surface area contributed by atoms with E-state index in [1.54, 1.807) is 9.80 Å². The first kappa shape index (κ1) is 13.9. The van der Waals surface area contributed by atoms with Crippen LogP contribution in [-0.2, 0) is 9.53 Å². The first-order chi connectivity index (χ1) is 10.2. The highest BCUT2D eigenvalue weighted by Crippen LogP contribution is 2.22. The predicted octanol–water partition coefficient (Wildman–Crippen LogP) is -0.545. The third kappa shape index (κ3) is 2.71. The molecule has 2 saturated heterocycles. The Morgan fingerprint density at radius 3 is 2.76 bits per heavy atom. The van der Waals surface area contributed by atoms with Crippen molar-refractivity contribution in [3.8, 4) is 0 Å². The predicted molar refractivity (Wildman–Crippen MR) is 74.5 cm³/mol. The number of aromatic nitrogens is 2. The lowest BCUT2D eigenvalue weighted by Crippen LogP contribution is -2.51. The lowest BCUT2D eigenvalue weighted by molar-refractivity contribution is -0.139. The Hall–Kier alpha value is -2.09. The van der Waals surface area contributed by atoms with E-state index in [2.05, 4.69) is 10.2 Å². The maximum Gasteiger partial charge on any atom is 0.272 e. The molecule has 8 nitrogen and oxygen atoms in total. The van der Waals surface area contributed by atoms with E-state index in [4.69, 9.17) is 10.5 Å². The van der Waals surface area contributed by atoms with E-state index >= 15 is 0 Å². The molecule has 1 aromatic rings. The first-order valence-corrected chi connectivity index (χ1v) is 7.15. The fraction of sp³-hybridized carbons (Fsp3) is 0.615. The van der Waals surface area contributed by atoms with Gasteiger partial charge in [0, 0.05) is 25.7 Å². The van der Waals surface area contributed by atoms with Gasteiger partial charge >= 0.3 is 0 Å². The number of anilines is 1. The fourth-order valence-corrected chi connectivity index (χ4v) is 2.86. The van der Waals surface area contributed by atoms with Crippen molar-refractivity contribution in [3.05, 3.63) is 11.8 Å². The van der Waals surface area contributed by atoms with Gasteiger partial charge in [0.2, 0.25) is 5.91 Å². The Bertz CT molecular complexity index is 538. The fourth-order valence-electron chi connectivity index (χ4n) is 2.86. The van der Waals surface area contributed by atoms with Gasteiger partial charge in [-0.3, -0.25) is 14.7 Å². The molecule has 2 amide bonds. The molecular weight excluding hydrogens is 274 g/mol. The minimum Gasteiger partial charge on any atom is -0.382 e. The van der Waals surface area contributed by atoms with E-state index in [-0.39, 0.29) is 23.7 Å². The topological polar surface area (TPSA) is 105 Å². The zero-order chi connectivity index (χ0) is 14.8. The number of carbonyl (C=O) groups excluding carboxylic acids is 2. The van der Waals surface area contributed by atoms with Crippen molar-refractivity contribution in [2.75, 3.05) is 38.6 Å². The summed E-state index contributed by atoms with van der Waals surface area (Å²) in [5, 5.41) is 6.37. The Morgan fingerprint density at radius 2 is 2.10 bits per heavy atom. The van der Waals surface area contributed by atoms with Crippen molar-refractivity contribution in [1.82, 2.24) is 20.0 Å². The highest BCUT2D eigenvalue weighted by atomic mass is 16.5. The number of nitrogen functional groups attached to an aromatic ring is 1. The van der Waals surface area contributed by atoms with Crippen molar-refractivity contribution >= 4 is 17.6 Å². The van der Waals surface area contributed by atoms with Gasteiger partial charge < -0.3 is 20.3 Å². The summed E-state index contributed by atoms with van der Waals surface area (Å²) in [6.45, 7) is 2.88. The third-order valence-electron chi connectivity index (χ3n) is 3.95. The number of ether oxygens (including phenoxy) is 1. The first-order valence-electron chi connectivity index (χ1n) is 7.15. The molecule has 1 atom stereocenters. The summed E-state index contributed by atoms with van der Waals surface area (Å²) >= 11 is 0. The Morgan fingerprint density at radius 1 is 1.33 bits per heavy atom. The molecule has 2 fully saturated rings. The Kier molecular flexibility index (Phi) is 3.78. The van der Waals surface area contributed by atoms with Crippen molar-refractivity contribution < 1.29 is 14.3 Å². The molecule has 3 rings (SSSR count). The second-order valence-corrected chi connectivity index (χ2v) is 5.30. The molecule has 0 spiro atoms. The summed E-state index contributed by atoms with van der Waals surface area (Å²) in [6.07, 6.45) is 1.53. The van der Waals surface area contributed by atoms with Crippen LogP contribution in [0.15, 0.2) is 6.07 Å². The number of amides is 2. The van der Waals surface area contributed by atoms with Gasteiger partial charge in [0.1, 0.15) is 17.6 Å². The summed E-state index contributed by atoms with van der Waals surface area (Å²) in [4.78, 5) is 28.4. The van der Waals surface area contributed by atoms with E-state index in [9.17, 15) is 9.59 Å². The summed E-state index contributed by atoms with van der Waals surface area (Å²) in [7, 11) is 0. The van der Waals surface area contributed by atoms with Gasteiger partial charge in [0.15, 0.2) is 0 Å². The van der Waals surface area contributed by atoms with Crippen molar-refractivity contribution in [2.45, 2.75) is 18.9 Å². The van der Waals surface area contributed by atoms with Crippen molar-refractivity contribution in [1.29, 1.82) is 0 Å². The van der Waals surface area contributed by atoms with Crippen LogP contribution < -0.4 is 5.73 Å². The molecular formula is C13H19N5O3. The van der Waals surface area contributed by atoms with Crippen LogP contribution in [-0.4, -0.2) is 70.7 Å². The number of morpholine rings is 1. The number of hydrogen-bond donors (Lipinski definition) is 2. The molecule has 2 aliphatic rings. The standard InChI is InChI=1S/C13H19N5O3/c14-11-8-9(15-16-11)12(19)18-3-1-2-10(18)13(20)17-4-6-21-7-5-17/h8,10H,1-7H2,(H3,14,15,16). The van der Waals surface area contributed by atoms with Crippen LogP contribution in [0.5, 0.6) is 0 Å². The SMILES string of the molecule is Nc1cc(C(=O)N2CCCC2C(=O)N2CCOCC2)[nH]n1. The van der Waals surface area contributed by atoms with E-state index in [0.29, 0.717) is 45.0 Å². The number of nitrogens with two attached hydrogens (primary N) is 1. The molecule has 1 unspecified atom stereocenters. The molecule has 8 heteroatoms. The lowest BCUT2D eigenvalue weighted by Gasteiger charge is -2.32. The molecule has 21 heavy (non-hydrogen) atoms. The number of likely N-dealkylation sites (tertiary alicyclic amines) is 1. The normalized spacial score (nSPS) is 22.6. The number of hydrogen-bond acceptors (Lipinski definition) is 5. The second-order valence-electron chi connectivity index (χ2n) is 5.30. The number of rotatable bonds is 2. The van der Waals surface area contributed by atoms with Crippen LogP contribution in [0.1, 0.15) is 23.3 Å². The van der Waals surface area contributed by atoms with Gasteiger partial charge in [0.05, 0.1) is 13.2 Å².